The molecule has 19 heavy (non-hydrogen) atoms. The van der Waals surface area contributed by atoms with E-state index in [1.54, 1.807) is 6.33 Å². The topological polar surface area (TPSA) is 69.0 Å². The zero-order chi connectivity index (χ0) is 13.7. The van der Waals surface area contributed by atoms with Crippen LogP contribution in [-0.2, 0) is 9.53 Å². The lowest BCUT2D eigenvalue weighted by Gasteiger charge is -2.39. The quantitative estimate of drug-likeness (QED) is 0.814. The normalized spacial score (nSPS) is 27.2. The maximum atomic E-state index is 12.3. The number of aromatic nitrogens is 3. The Morgan fingerprint density at radius 3 is 3.05 bits per heavy atom. The standard InChI is InChI=1S/C13H22N4O2/c1-3-15-13(12(18)19-4-2)7-5-6-11(8-13)17-10-14-9-16-17/h9-11,15H,3-8H2,1-2H3. The number of rotatable bonds is 5. The number of ether oxygens (including phenoxy) is 1. The number of nitrogens with one attached hydrogen (secondary N) is 1. The zero-order valence-corrected chi connectivity index (χ0v) is 11.6. The second kappa shape index (κ2) is 6.14. The van der Waals surface area contributed by atoms with Crippen molar-refractivity contribution in [2.45, 2.75) is 51.1 Å². The van der Waals surface area contributed by atoms with Gasteiger partial charge in [0.25, 0.3) is 0 Å². The van der Waals surface area contributed by atoms with Gasteiger partial charge in [-0.25, -0.2) is 9.67 Å². The van der Waals surface area contributed by atoms with Gasteiger partial charge in [-0.05, 0) is 39.2 Å². The van der Waals surface area contributed by atoms with Gasteiger partial charge >= 0.3 is 5.97 Å². The number of likely N-dealkylation sites (N-methyl/N-ethyl adjacent to an activating group) is 1. The van der Waals surface area contributed by atoms with Gasteiger partial charge in [0.1, 0.15) is 18.2 Å². The summed E-state index contributed by atoms with van der Waals surface area (Å²) in [5, 5.41) is 7.53. The summed E-state index contributed by atoms with van der Waals surface area (Å²) >= 11 is 0. The summed E-state index contributed by atoms with van der Waals surface area (Å²) in [5.74, 6) is -0.137. The van der Waals surface area contributed by atoms with Crippen LogP contribution in [0, 0.1) is 0 Å². The van der Waals surface area contributed by atoms with Crippen molar-refractivity contribution in [1.82, 2.24) is 20.1 Å². The molecule has 1 aromatic heterocycles. The Balaban J connectivity index is 2.16. The molecule has 0 bridgehead atoms. The van der Waals surface area contributed by atoms with Crippen molar-refractivity contribution in [3.63, 3.8) is 0 Å². The van der Waals surface area contributed by atoms with Gasteiger partial charge in [-0.2, -0.15) is 5.10 Å². The third-order valence-corrected chi connectivity index (χ3v) is 3.72. The van der Waals surface area contributed by atoms with E-state index < -0.39 is 5.54 Å². The van der Waals surface area contributed by atoms with E-state index in [1.165, 1.54) is 6.33 Å². The molecule has 1 aliphatic carbocycles. The first-order valence-corrected chi connectivity index (χ1v) is 6.98. The lowest BCUT2D eigenvalue weighted by atomic mass is 9.79. The molecular formula is C13H22N4O2. The van der Waals surface area contributed by atoms with Crippen LogP contribution >= 0.6 is 0 Å². The Hall–Kier alpha value is -1.43. The molecule has 1 aliphatic rings. The fourth-order valence-electron chi connectivity index (χ4n) is 2.90. The van der Waals surface area contributed by atoms with Crippen LogP contribution in [0.25, 0.3) is 0 Å². The molecule has 2 rings (SSSR count). The molecule has 0 spiro atoms. The highest BCUT2D eigenvalue weighted by molar-refractivity contribution is 5.81. The number of carbonyl (C=O) groups is 1. The fraction of sp³-hybridized carbons (Fsp3) is 0.769. The van der Waals surface area contributed by atoms with Crippen LogP contribution in [0.2, 0.25) is 0 Å². The predicted molar refractivity (Wildman–Crippen MR) is 70.6 cm³/mol. The van der Waals surface area contributed by atoms with Crippen LogP contribution < -0.4 is 5.32 Å². The highest BCUT2D eigenvalue weighted by Crippen LogP contribution is 2.35. The van der Waals surface area contributed by atoms with E-state index in [-0.39, 0.29) is 12.0 Å². The molecule has 1 fully saturated rings. The van der Waals surface area contributed by atoms with Crippen molar-refractivity contribution in [2.24, 2.45) is 0 Å². The summed E-state index contributed by atoms with van der Waals surface area (Å²) in [6, 6.07) is 0.208. The van der Waals surface area contributed by atoms with E-state index >= 15 is 0 Å². The highest BCUT2D eigenvalue weighted by Gasteiger charge is 2.44. The monoisotopic (exact) mass is 266 g/mol. The van der Waals surface area contributed by atoms with Crippen molar-refractivity contribution in [2.75, 3.05) is 13.2 Å². The molecule has 106 valence electrons. The first-order valence-electron chi connectivity index (χ1n) is 6.98. The van der Waals surface area contributed by atoms with E-state index in [0.29, 0.717) is 13.0 Å². The Kier molecular flexibility index (Phi) is 4.52. The molecule has 6 heteroatoms. The van der Waals surface area contributed by atoms with Crippen molar-refractivity contribution in [1.29, 1.82) is 0 Å². The lowest BCUT2D eigenvalue weighted by molar-refractivity contribution is -0.153. The van der Waals surface area contributed by atoms with E-state index in [2.05, 4.69) is 15.4 Å². The minimum Gasteiger partial charge on any atom is -0.465 e. The molecule has 0 amide bonds. The Morgan fingerprint density at radius 2 is 2.42 bits per heavy atom. The summed E-state index contributed by atoms with van der Waals surface area (Å²) in [5.41, 5.74) is -0.570. The van der Waals surface area contributed by atoms with Gasteiger partial charge in [-0.1, -0.05) is 6.92 Å². The van der Waals surface area contributed by atoms with Crippen molar-refractivity contribution in [3.8, 4) is 0 Å². The van der Waals surface area contributed by atoms with Gasteiger partial charge in [-0.15, -0.1) is 0 Å². The molecule has 6 nitrogen and oxygen atoms in total. The summed E-state index contributed by atoms with van der Waals surface area (Å²) in [4.78, 5) is 16.3. The van der Waals surface area contributed by atoms with E-state index in [4.69, 9.17) is 4.74 Å². The third-order valence-electron chi connectivity index (χ3n) is 3.72. The number of hydrogen-bond acceptors (Lipinski definition) is 5. The van der Waals surface area contributed by atoms with Gasteiger partial charge in [-0.3, -0.25) is 4.79 Å². The van der Waals surface area contributed by atoms with Crippen molar-refractivity contribution in [3.05, 3.63) is 12.7 Å². The molecule has 0 aromatic carbocycles. The minimum atomic E-state index is -0.570. The third kappa shape index (κ3) is 2.94. The summed E-state index contributed by atoms with van der Waals surface area (Å²) in [6.07, 6.45) is 6.80. The summed E-state index contributed by atoms with van der Waals surface area (Å²) < 4.78 is 7.11. The molecule has 1 saturated carbocycles. The van der Waals surface area contributed by atoms with Gasteiger partial charge in [0.05, 0.1) is 12.6 Å². The Labute approximate surface area is 113 Å². The van der Waals surface area contributed by atoms with Gasteiger partial charge in [0.2, 0.25) is 0 Å². The Morgan fingerprint density at radius 1 is 1.58 bits per heavy atom. The SMILES string of the molecule is CCNC1(C(=O)OCC)CCCC(n2cncn2)C1. The number of carbonyl (C=O) groups excluding carboxylic acids is 1. The second-order valence-electron chi connectivity index (χ2n) is 4.96. The molecule has 0 saturated heterocycles. The lowest BCUT2D eigenvalue weighted by Crippen LogP contribution is -2.55. The van der Waals surface area contributed by atoms with Crippen LogP contribution in [0.15, 0.2) is 12.7 Å². The van der Waals surface area contributed by atoms with E-state index in [0.717, 1.165) is 25.8 Å². The largest absolute Gasteiger partial charge is 0.465 e. The van der Waals surface area contributed by atoms with E-state index in [1.807, 2.05) is 18.5 Å². The van der Waals surface area contributed by atoms with Crippen LogP contribution in [-0.4, -0.2) is 39.4 Å². The molecule has 0 radical (unpaired) electrons. The first-order chi connectivity index (χ1) is 9.22. The maximum Gasteiger partial charge on any atom is 0.326 e. The smallest absolute Gasteiger partial charge is 0.326 e. The van der Waals surface area contributed by atoms with Gasteiger partial charge in [0.15, 0.2) is 0 Å². The molecule has 1 N–H and O–H groups in total. The first kappa shape index (κ1) is 14.0. The van der Waals surface area contributed by atoms with Crippen molar-refractivity contribution >= 4 is 5.97 Å². The van der Waals surface area contributed by atoms with Crippen LogP contribution in [0.1, 0.15) is 45.6 Å². The van der Waals surface area contributed by atoms with Crippen molar-refractivity contribution < 1.29 is 9.53 Å². The Bertz CT molecular complexity index is 403. The average Bonchev–Trinajstić information content (AvgIpc) is 2.93. The van der Waals surface area contributed by atoms with Gasteiger partial charge < -0.3 is 10.1 Å². The number of nitrogens with zero attached hydrogens (tertiary/aromatic N) is 3. The van der Waals surface area contributed by atoms with E-state index in [9.17, 15) is 4.79 Å². The van der Waals surface area contributed by atoms with Crippen LogP contribution in [0.3, 0.4) is 0 Å². The maximum absolute atomic E-state index is 12.3. The van der Waals surface area contributed by atoms with Crippen LogP contribution in [0.5, 0.6) is 0 Å². The predicted octanol–water partition coefficient (Wildman–Crippen LogP) is 1.30. The van der Waals surface area contributed by atoms with Crippen LogP contribution in [0.4, 0.5) is 0 Å². The molecule has 2 unspecified atom stereocenters. The molecule has 1 aromatic rings. The van der Waals surface area contributed by atoms with Gasteiger partial charge in [0, 0.05) is 0 Å². The summed E-state index contributed by atoms with van der Waals surface area (Å²) in [7, 11) is 0. The molecule has 1 heterocycles. The second-order valence-corrected chi connectivity index (χ2v) is 4.96. The summed E-state index contributed by atoms with van der Waals surface area (Å²) in [6.45, 7) is 5.03. The number of esters is 1. The fourth-order valence-corrected chi connectivity index (χ4v) is 2.90. The molecule has 2 atom stereocenters. The molecule has 0 aliphatic heterocycles. The minimum absolute atomic E-state index is 0.137. The number of hydrogen-bond donors (Lipinski definition) is 1. The zero-order valence-electron chi connectivity index (χ0n) is 11.6. The molecular weight excluding hydrogens is 244 g/mol. The average molecular weight is 266 g/mol. The highest BCUT2D eigenvalue weighted by atomic mass is 16.5.